The molecule has 1 heterocycles. The van der Waals surface area contributed by atoms with E-state index < -0.39 is 0 Å². The molecule has 1 aromatic heterocycles. The summed E-state index contributed by atoms with van der Waals surface area (Å²) in [6, 6.07) is 14.2. The molecule has 0 radical (unpaired) electrons. The van der Waals surface area contributed by atoms with Gasteiger partial charge in [0.1, 0.15) is 12.4 Å². The van der Waals surface area contributed by atoms with Crippen LogP contribution in [0.15, 0.2) is 52.9 Å². The van der Waals surface area contributed by atoms with Crippen molar-refractivity contribution in [3.63, 3.8) is 0 Å². The number of nitrogens with one attached hydrogen (secondary N) is 1. The van der Waals surface area contributed by atoms with Gasteiger partial charge in [-0.05, 0) is 24.3 Å². The van der Waals surface area contributed by atoms with Crippen LogP contribution < -0.4 is 10.1 Å². The first-order valence-corrected chi connectivity index (χ1v) is 10.5. The zero-order valence-corrected chi connectivity index (χ0v) is 17.6. The third kappa shape index (κ3) is 6.18. The van der Waals surface area contributed by atoms with E-state index in [1.54, 1.807) is 30.3 Å². The highest BCUT2D eigenvalue weighted by molar-refractivity contribution is 8.01. The molecule has 7 nitrogen and oxygen atoms in total. The molecule has 10 heteroatoms. The van der Waals surface area contributed by atoms with Gasteiger partial charge in [0.15, 0.2) is 4.34 Å². The third-order valence-electron chi connectivity index (χ3n) is 3.62. The number of esters is 1. The van der Waals surface area contributed by atoms with Gasteiger partial charge in [-0.3, -0.25) is 14.9 Å². The molecule has 0 fully saturated rings. The topological polar surface area (TPSA) is 90.4 Å². The Hall–Kier alpha value is -2.62. The summed E-state index contributed by atoms with van der Waals surface area (Å²) in [6.45, 7) is 0.294. The molecule has 0 spiro atoms. The maximum Gasteiger partial charge on any atom is 0.316 e. The second kappa shape index (κ2) is 10.2. The number of hydrogen-bond donors (Lipinski definition) is 1. The van der Waals surface area contributed by atoms with Crippen LogP contribution in [0.2, 0.25) is 5.02 Å². The Labute approximate surface area is 180 Å². The minimum absolute atomic E-state index is 0.129. The van der Waals surface area contributed by atoms with E-state index in [0.717, 1.165) is 5.56 Å². The van der Waals surface area contributed by atoms with Gasteiger partial charge in [0, 0.05) is 16.1 Å². The molecule has 0 saturated carbocycles. The fourth-order valence-electron chi connectivity index (χ4n) is 2.17. The largest absolute Gasteiger partial charge is 0.489 e. The number of aromatic nitrogens is 2. The molecule has 0 aliphatic carbocycles. The summed E-state index contributed by atoms with van der Waals surface area (Å²) in [5.41, 5.74) is 1.27. The van der Waals surface area contributed by atoms with Crippen LogP contribution in [0.25, 0.3) is 0 Å². The molecule has 0 aliphatic heterocycles. The summed E-state index contributed by atoms with van der Waals surface area (Å²) < 4.78 is 10.9. The molecule has 29 heavy (non-hydrogen) atoms. The Morgan fingerprint density at radius 3 is 2.79 bits per heavy atom. The number of nitrogens with zero attached hydrogens (tertiary/aromatic N) is 2. The van der Waals surface area contributed by atoms with Crippen LogP contribution in [0.1, 0.15) is 15.9 Å². The Balaban J connectivity index is 1.59. The van der Waals surface area contributed by atoms with E-state index in [1.165, 1.54) is 30.2 Å². The average Bonchev–Trinajstić information content (AvgIpc) is 3.19. The minimum Gasteiger partial charge on any atom is -0.489 e. The maximum absolute atomic E-state index is 12.5. The monoisotopic (exact) mass is 449 g/mol. The van der Waals surface area contributed by atoms with Crippen LogP contribution in [0.3, 0.4) is 0 Å². The first kappa shape index (κ1) is 21.1. The second-order valence-electron chi connectivity index (χ2n) is 5.60. The Bertz CT molecular complexity index is 1010. The van der Waals surface area contributed by atoms with E-state index in [0.29, 0.717) is 32.4 Å². The molecular formula is C19H16ClN3O4S2. The number of methoxy groups -OCH3 is 1. The van der Waals surface area contributed by atoms with Crippen LogP contribution in [0.5, 0.6) is 5.75 Å². The highest BCUT2D eigenvalue weighted by Gasteiger charge is 2.13. The van der Waals surface area contributed by atoms with Crippen molar-refractivity contribution in [2.45, 2.75) is 10.9 Å². The zero-order chi connectivity index (χ0) is 20.6. The van der Waals surface area contributed by atoms with Gasteiger partial charge in [-0.15, -0.1) is 10.2 Å². The van der Waals surface area contributed by atoms with Crippen molar-refractivity contribution in [1.29, 1.82) is 0 Å². The summed E-state index contributed by atoms with van der Waals surface area (Å²) in [4.78, 5) is 23.7. The van der Waals surface area contributed by atoms with Gasteiger partial charge in [0.05, 0.1) is 12.9 Å². The Morgan fingerprint density at radius 1 is 1.17 bits per heavy atom. The lowest BCUT2D eigenvalue weighted by molar-refractivity contribution is -0.137. The number of rotatable bonds is 8. The maximum atomic E-state index is 12.5. The molecule has 0 atom stereocenters. The quantitative estimate of drug-likeness (QED) is 0.311. The lowest BCUT2D eigenvalue weighted by atomic mass is 10.2. The molecule has 1 N–H and O–H groups in total. The molecular weight excluding hydrogens is 434 g/mol. The first-order chi connectivity index (χ1) is 14.0. The highest BCUT2D eigenvalue weighted by Crippen LogP contribution is 2.26. The minimum atomic E-state index is -0.357. The molecule has 0 bridgehead atoms. The molecule has 2 aromatic carbocycles. The summed E-state index contributed by atoms with van der Waals surface area (Å²) in [5, 5.41) is 11.5. The predicted molar refractivity (Wildman–Crippen MR) is 113 cm³/mol. The average molecular weight is 450 g/mol. The normalized spacial score (nSPS) is 10.4. The summed E-state index contributed by atoms with van der Waals surface area (Å²) in [7, 11) is 1.32. The SMILES string of the molecule is COC(=O)CSc1nnc(NC(=O)c2cccc(OCc3ccccc3Cl)c2)s1. The van der Waals surface area contributed by atoms with Crippen molar-refractivity contribution >= 4 is 51.7 Å². The van der Waals surface area contributed by atoms with Crippen LogP contribution in [-0.4, -0.2) is 34.9 Å². The van der Waals surface area contributed by atoms with Crippen LogP contribution in [0, 0.1) is 0 Å². The molecule has 3 aromatic rings. The van der Waals surface area contributed by atoms with E-state index in [9.17, 15) is 9.59 Å². The molecule has 150 valence electrons. The third-order valence-corrected chi connectivity index (χ3v) is 5.93. The van der Waals surface area contributed by atoms with Gasteiger partial charge in [-0.2, -0.15) is 0 Å². The van der Waals surface area contributed by atoms with Crippen molar-refractivity contribution in [1.82, 2.24) is 10.2 Å². The summed E-state index contributed by atoms with van der Waals surface area (Å²) in [5.74, 6) is -0.0217. The van der Waals surface area contributed by atoms with Gasteiger partial charge < -0.3 is 9.47 Å². The van der Waals surface area contributed by atoms with E-state index in [-0.39, 0.29) is 17.6 Å². The second-order valence-corrected chi connectivity index (χ2v) is 8.21. The van der Waals surface area contributed by atoms with E-state index >= 15 is 0 Å². The van der Waals surface area contributed by atoms with Crippen molar-refractivity contribution in [3.05, 3.63) is 64.7 Å². The number of anilines is 1. The van der Waals surface area contributed by atoms with Gasteiger partial charge in [-0.25, -0.2) is 0 Å². The smallest absolute Gasteiger partial charge is 0.316 e. The van der Waals surface area contributed by atoms with Gasteiger partial charge in [0.2, 0.25) is 5.13 Å². The van der Waals surface area contributed by atoms with E-state index in [2.05, 4.69) is 20.3 Å². The van der Waals surface area contributed by atoms with E-state index in [1.807, 2.05) is 18.2 Å². The first-order valence-electron chi connectivity index (χ1n) is 8.36. The van der Waals surface area contributed by atoms with Crippen LogP contribution >= 0.6 is 34.7 Å². The molecule has 0 unspecified atom stereocenters. The fraction of sp³-hybridized carbons (Fsp3) is 0.158. The number of halogens is 1. The van der Waals surface area contributed by atoms with Gasteiger partial charge in [0.25, 0.3) is 5.91 Å². The number of benzene rings is 2. The standard InChI is InChI=1S/C19H16ClN3O4S2/c1-26-16(24)11-28-19-23-22-18(29-19)21-17(25)12-6-4-7-14(9-12)27-10-13-5-2-3-8-15(13)20/h2-9H,10-11H2,1H3,(H,21,22,25). The molecule has 1 amide bonds. The number of carbonyl (C=O) groups is 2. The van der Waals surface area contributed by atoms with Crippen LogP contribution in [-0.2, 0) is 16.1 Å². The number of thioether (sulfide) groups is 1. The number of carbonyl (C=O) groups excluding carboxylic acids is 2. The van der Waals surface area contributed by atoms with Crippen molar-refractivity contribution in [2.75, 3.05) is 18.2 Å². The zero-order valence-electron chi connectivity index (χ0n) is 15.3. The molecule has 0 aliphatic rings. The Morgan fingerprint density at radius 2 is 2.00 bits per heavy atom. The molecule has 0 saturated heterocycles. The Kier molecular flexibility index (Phi) is 7.45. The fourth-order valence-corrected chi connectivity index (χ4v) is 3.94. The molecule has 3 rings (SSSR count). The lowest BCUT2D eigenvalue weighted by Gasteiger charge is -2.09. The van der Waals surface area contributed by atoms with Crippen molar-refractivity contribution < 1.29 is 19.1 Å². The lowest BCUT2D eigenvalue weighted by Crippen LogP contribution is -2.11. The summed E-state index contributed by atoms with van der Waals surface area (Å²) >= 11 is 8.50. The summed E-state index contributed by atoms with van der Waals surface area (Å²) in [6.07, 6.45) is 0. The van der Waals surface area contributed by atoms with Crippen molar-refractivity contribution in [2.24, 2.45) is 0 Å². The number of hydrogen-bond acceptors (Lipinski definition) is 8. The predicted octanol–water partition coefficient (Wildman–Crippen LogP) is 4.29. The van der Waals surface area contributed by atoms with Gasteiger partial charge in [-0.1, -0.05) is 59.0 Å². The number of amides is 1. The number of ether oxygens (including phenoxy) is 2. The van der Waals surface area contributed by atoms with E-state index in [4.69, 9.17) is 16.3 Å². The van der Waals surface area contributed by atoms with Crippen LogP contribution in [0.4, 0.5) is 5.13 Å². The van der Waals surface area contributed by atoms with Crippen molar-refractivity contribution in [3.8, 4) is 5.75 Å². The van der Waals surface area contributed by atoms with Gasteiger partial charge >= 0.3 is 5.97 Å². The highest BCUT2D eigenvalue weighted by atomic mass is 35.5.